The van der Waals surface area contributed by atoms with Crippen molar-refractivity contribution in [1.29, 1.82) is 0 Å². The third-order valence-corrected chi connectivity index (χ3v) is 2.94. The third kappa shape index (κ3) is 4.92. The van der Waals surface area contributed by atoms with Crippen molar-refractivity contribution in [3.63, 3.8) is 0 Å². The molecular formula is C14H18ClN3O4. The molecule has 0 radical (unpaired) electrons. The van der Waals surface area contributed by atoms with E-state index >= 15 is 0 Å². The SMILES string of the molecule is CCC(=O)Nc1ccc(N)c(CC)c1O/C=N/OC(=O)CCl. The second-order valence-electron chi connectivity index (χ2n) is 4.19. The van der Waals surface area contributed by atoms with Gasteiger partial charge < -0.3 is 20.6 Å². The standard InChI is InChI=1S/C14H18ClN3O4/c1-3-9-10(16)5-6-11(18-12(19)4-2)14(9)21-8-17-22-13(20)7-15/h5-6,8H,3-4,7,16H2,1-2H3,(H,18,19)/b17-8+. The van der Waals surface area contributed by atoms with E-state index in [9.17, 15) is 9.59 Å². The maximum Gasteiger partial charge on any atom is 0.349 e. The number of halogens is 1. The minimum Gasteiger partial charge on any atom is -0.440 e. The summed E-state index contributed by atoms with van der Waals surface area (Å²) in [6.07, 6.45) is 1.86. The molecule has 1 amide bonds. The zero-order chi connectivity index (χ0) is 16.5. The Morgan fingerprint density at radius 3 is 2.73 bits per heavy atom. The lowest BCUT2D eigenvalue weighted by Crippen LogP contribution is -2.12. The number of hydrogen-bond acceptors (Lipinski definition) is 6. The average molecular weight is 328 g/mol. The summed E-state index contributed by atoms with van der Waals surface area (Å²) in [6.45, 7) is 3.63. The highest BCUT2D eigenvalue weighted by Gasteiger charge is 2.13. The number of carbonyl (C=O) groups excluding carboxylic acids is 2. The summed E-state index contributed by atoms with van der Waals surface area (Å²) >= 11 is 5.26. The van der Waals surface area contributed by atoms with Gasteiger partial charge in [-0.3, -0.25) is 4.79 Å². The van der Waals surface area contributed by atoms with Crippen LogP contribution in [0.4, 0.5) is 11.4 Å². The second-order valence-corrected chi connectivity index (χ2v) is 4.46. The van der Waals surface area contributed by atoms with E-state index in [0.29, 0.717) is 35.5 Å². The lowest BCUT2D eigenvalue weighted by Gasteiger charge is -2.14. The number of benzene rings is 1. The minimum absolute atomic E-state index is 0.165. The van der Waals surface area contributed by atoms with Crippen molar-refractivity contribution in [3.05, 3.63) is 17.7 Å². The topological polar surface area (TPSA) is 103 Å². The van der Waals surface area contributed by atoms with Gasteiger partial charge in [-0.1, -0.05) is 13.8 Å². The summed E-state index contributed by atoms with van der Waals surface area (Å²) in [4.78, 5) is 26.8. The van der Waals surface area contributed by atoms with Crippen molar-refractivity contribution < 1.29 is 19.2 Å². The Morgan fingerprint density at radius 1 is 1.41 bits per heavy atom. The van der Waals surface area contributed by atoms with E-state index in [1.165, 1.54) is 0 Å². The van der Waals surface area contributed by atoms with Gasteiger partial charge in [0.05, 0.1) is 5.69 Å². The molecule has 0 unspecified atom stereocenters. The smallest absolute Gasteiger partial charge is 0.349 e. The van der Waals surface area contributed by atoms with Crippen LogP contribution < -0.4 is 15.8 Å². The summed E-state index contributed by atoms with van der Waals surface area (Å²) in [5.74, 6) is -0.824. The van der Waals surface area contributed by atoms with Gasteiger partial charge >= 0.3 is 5.97 Å². The van der Waals surface area contributed by atoms with Crippen LogP contribution in [0.5, 0.6) is 5.75 Å². The van der Waals surface area contributed by atoms with Crippen molar-refractivity contribution in [1.82, 2.24) is 0 Å². The van der Waals surface area contributed by atoms with E-state index in [2.05, 4.69) is 15.3 Å². The molecule has 0 bridgehead atoms. The predicted octanol–water partition coefficient (Wildman–Crippen LogP) is 2.28. The average Bonchev–Trinajstić information content (AvgIpc) is 2.53. The molecule has 8 heteroatoms. The number of ether oxygens (including phenoxy) is 1. The predicted molar refractivity (Wildman–Crippen MR) is 85.1 cm³/mol. The Bertz CT molecular complexity index is 575. The number of anilines is 2. The van der Waals surface area contributed by atoms with E-state index in [-0.39, 0.29) is 11.8 Å². The Balaban J connectivity index is 2.99. The van der Waals surface area contributed by atoms with Crippen LogP contribution in [0.1, 0.15) is 25.8 Å². The van der Waals surface area contributed by atoms with Crippen LogP contribution in [0.2, 0.25) is 0 Å². The first-order chi connectivity index (χ1) is 10.5. The first kappa shape index (κ1) is 17.8. The summed E-state index contributed by atoms with van der Waals surface area (Å²) in [5, 5.41) is 6.06. The molecule has 0 saturated carbocycles. The molecule has 0 aliphatic rings. The number of alkyl halides is 1. The molecule has 120 valence electrons. The molecule has 0 heterocycles. The number of oxime groups is 1. The van der Waals surface area contributed by atoms with E-state index in [0.717, 1.165) is 6.40 Å². The normalized spacial score (nSPS) is 10.5. The van der Waals surface area contributed by atoms with Crippen LogP contribution in [0.15, 0.2) is 17.3 Å². The lowest BCUT2D eigenvalue weighted by atomic mass is 10.1. The fourth-order valence-corrected chi connectivity index (χ4v) is 1.71. The first-order valence-electron chi connectivity index (χ1n) is 6.68. The zero-order valence-corrected chi connectivity index (χ0v) is 13.1. The zero-order valence-electron chi connectivity index (χ0n) is 12.4. The number of nitrogen functional groups attached to an aromatic ring is 1. The molecule has 0 aliphatic heterocycles. The molecule has 3 N–H and O–H groups in total. The van der Waals surface area contributed by atoms with Gasteiger partial charge in [0, 0.05) is 17.7 Å². The molecule has 0 spiro atoms. The van der Waals surface area contributed by atoms with Gasteiger partial charge in [-0.15, -0.1) is 11.6 Å². The van der Waals surface area contributed by atoms with Gasteiger partial charge in [-0.05, 0) is 23.7 Å². The number of carbonyl (C=O) groups is 2. The first-order valence-corrected chi connectivity index (χ1v) is 7.22. The van der Waals surface area contributed by atoms with Crippen LogP contribution >= 0.6 is 11.6 Å². The molecule has 0 atom stereocenters. The van der Waals surface area contributed by atoms with E-state index in [1.807, 2.05) is 6.92 Å². The molecule has 7 nitrogen and oxygen atoms in total. The molecule has 0 saturated heterocycles. The van der Waals surface area contributed by atoms with Crippen LogP contribution in [0, 0.1) is 0 Å². The Kier molecular flexibility index (Phi) is 7.18. The Morgan fingerprint density at radius 2 is 2.14 bits per heavy atom. The quantitative estimate of drug-likeness (QED) is 0.200. The number of rotatable bonds is 7. The summed E-state index contributed by atoms with van der Waals surface area (Å²) in [7, 11) is 0. The molecule has 1 rings (SSSR count). The molecular weight excluding hydrogens is 310 g/mol. The molecule has 1 aromatic rings. The molecule has 1 aromatic carbocycles. The van der Waals surface area contributed by atoms with Crippen LogP contribution in [0.3, 0.4) is 0 Å². The number of nitrogens with zero attached hydrogens (tertiary/aromatic N) is 1. The maximum atomic E-state index is 11.6. The van der Waals surface area contributed by atoms with Crippen LogP contribution in [-0.2, 0) is 20.8 Å². The van der Waals surface area contributed by atoms with Crippen molar-refractivity contribution in [2.45, 2.75) is 26.7 Å². The van der Waals surface area contributed by atoms with Gasteiger partial charge in [-0.25, -0.2) is 4.79 Å². The number of nitrogens with one attached hydrogen (secondary N) is 1. The molecule has 0 aliphatic carbocycles. The Hall–Kier alpha value is -2.28. The van der Waals surface area contributed by atoms with Crippen molar-refractivity contribution in [2.75, 3.05) is 16.9 Å². The van der Waals surface area contributed by atoms with Gasteiger partial charge in [0.15, 0.2) is 5.75 Å². The number of hydrogen-bond donors (Lipinski definition) is 2. The highest BCUT2D eigenvalue weighted by molar-refractivity contribution is 6.26. The van der Waals surface area contributed by atoms with Gasteiger partial charge in [0.2, 0.25) is 12.3 Å². The number of amides is 1. The Labute approximate surface area is 133 Å². The maximum absolute atomic E-state index is 11.6. The summed E-state index contributed by atoms with van der Waals surface area (Å²) in [5.41, 5.74) is 7.60. The highest BCUT2D eigenvalue weighted by Crippen LogP contribution is 2.33. The molecule has 22 heavy (non-hydrogen) atoms. The van der Waals surface area contributed by atoms with E-state index < -0.39 is 5.97 Å². The summed E-state index contributed by atoms with van der Waals surface area (Å²) < 4.78 is 5.37. The second kappa shape index (κ2) is 8.89. The molecule has 0 aromatic heterocycles. The van der Waals surface area contributed by atoms with Crippen molar-refractivity contribution >= 4 is 41.3 Å². The lowest BCUT2D eigenvalue weighted by molar-refractivity contribution is -0.140. The fourth-order valence-electron chi connectivity index (χ4n) is 1.66. The van der Waals surface area contributed by atoms with Crippen molar-refractivity contribution in [2.24, 2.45) is 5.16 Å². The van der Waals surface area contributed by atoms with Gasteiger partial charge in [-0.2, -0.15) is 0 Å². The molecule has 0 fully saturated rings. The van der Waals surface area contributed by atoms with Gasteiger partial charge in [0.25, 0.3) is 0 Å². The third-order valence-electron chi connectivity index (χ3n) is 2.72. The highest BCUT2D eigenvalue weighted by atomic mass is 35.5. The minimum atomic E-state index is -0.704. The monoisotopic (exact) mass is 327 g/mol. The largest absolute Gasteiger partial charge is 0.440 e. The number of nitrogens with two attached hydrogens (primary N) is 1. The summed E-state index contributed by atoms with van der Waals surface area (Å²) in [6, 6.07) is 3.32. The fraction of sp³-hybridized carbons (Fsp3) is 0.357. The van der Waals surface area contributed by atoms with Crippen LogP contribution in [0.25, 0.3) is 0 Å². The van der Waals surface area contributed by atoms with Crippen LogP contribution in [-0.4, -0.2) is 24.2 Å². The van der Waals surface area contributed by atoms with Crippen molar-refractivity contribution in [3.8, 4) is 5.75 Å². The van der Waals surface area contributed by atoms with Gasteiger partial charge in [0.1, 0.15) is 5.88 Å². The van der Waals surface area contributed by atoms with E-state index in [4.69, 9.17) is 22.1 Å². The van der Waals surface area contributed by atoms with E-state index in [1.54, 1.807) is 19.1 Å².